The van der Waals surface area contributed by atoms with Crippen LogP contribution in [0.3, 0.4) is 0 Å². The Hall–Kier alpha value is -0.860. The van der Waals surface area contributed by atoms with E-state index in [1.807, 2.05) is 6.07 Å². The van der Waals surface area contributed by atoms with Gasteiger partial charge < -0.3 is 10.5 Å². The Morgan fingerprint density at radius 3 is 2.80 bits per heavy atom. The van der Waals surface area contributed by atoms with Gasteiger partial charge in [-0.3, -0.25) is 0 Å². The lowest BCUT2D eigenvalue weighted by atomic mass is 9.90. The van der Waals surface area contributed by atoms with E-state index in [1.165, 1.54) is 12.0 Å². The first-order valence-electron chi connectivity index (χ1n) is 5.75. The molecule has 2 N–H and O–H groups in total. The van der Waals surface area contributed by atoms with E-state index in [1.54, 1.807) is 0 Å². The normalized spacial score (nSPS) is 26.5. The summed E-state index contributed by atoms with van der Waals surface area (Å²) in [5, 5.41) is 0. The lowest BCUT2D eigenvalue weighted by Crippen LogP contribution is -2.36. The maximum atomic E-state index is 5.81. The van der Waals surface area contributed by atoms with E-state index >= 15 is 0 Å². The van der Waals surface area contributed by atoms with Crippen molar-refractivity contribution >= 4 is 0 Å². The average molecular weight is 205 g/mol. The Kier molecular flexibility index (Phi) is 3.75. The molecule has 0 spiro atoms. The second kappa shape index (κ2) is 5.29. The molecule has 0 aromatic heterocycles. The van der Waals surface area contributed by atoms with Gasteiger partial charge in [0.15, 0.2) is 0 Å². The lowest BCUT2D eigenvalue weighted by molar-refractivity contribution is -0.0224. The van der Waals surface area contributed by atoms with Crippen LogP contribution >= 0.6 is 0 Å². The van der Waals surface area contributed by atoms with Crippen LogP contribution in [0.5, 0.6) is 0 Å². The van der Waals surface area contributed by atoms with Gasteiger partial charge in [0.2, 0.25) is 0 Å². The summed E-state index contributed by atoms with van der Waals surface area (Å²) in [4.78, 5) is 0. The monoisotopic (exact) mass is 205 g/mol. The fourth-order valence-electron chi connectivity index (χ4n) is 2.24. The van der Waals surface area contributed by atoms with Gasteiger partial charge in [-0.1, -0.05) is 30.3 Å². The van der Waals surface area contributed by atoms with Gasteiger partial charge in [-0.15, -0.1) is 0 Å². The predicted molar refractivity (Wildman–Crippen MR) is 61.7 cm³/mol. The Balaban J connectivity index is 1.97. The van der Waals surface area contributed by atoms with Crippen molar-refractivity contribution in [3.63, 3.8) is 0 Å². The average Bonchev–Trinajstić information content (AvgIpc) is 2.31. The van der Waals surface area contributed by atoms with Crippen LogP contribution in [0.15, 0.2) is 30.3 Å². The molecule has 82 valence electrons. The largest absolute Gasteiger partial charge is 0.378 e. The summed E-state index contributed by atoms with van der Waals surface area (Å²) in [5.41, 5.74) is 7.12. The van der Waals surface area contributed by atoms with Crippen molar-refractivity contribution in [1.82, 2.24) is 0 Å². The van der Waals surface area contributed by atoms with Crippen molar-refractivity contribution in [1.29, 1.82) is 0 Å². The van der Waals surface area contributed by atoms with E-state index in [0.29, 0.717) is 12.0 Å². The Morgan fingerprint density at radius 2 is 2.07 bits per heavy atom. The second-order valence-corrected chi connectivity index (χ2v) is 4.24. The highest BCUT2D eigenvalue weighted by Gasteiger charge is 2.24. The van der Waals surface area contributed by atoms with Crippen LogP contribution in [0, 0.1) is 5.92 Å². The van der Waals surface area contributed by atoms with E-state index in [9.17, 15) is 0 Å². The summed E-state index contributed by atoms with van der Waals surface area (Å²) in [6.45, 7) is 1.64. The molecule has 0 bridgehead atoms. The molecular formula is C13H19NO. The third kappa shape index (κ3) is 2.80. The number of ether oxygens (including phenoxy) is 1. The molecule has 1 saturated heterocycles. The number of hydrogen-bond donors (Lipinski definition) is 1. The third-order valence-electron chi connectivity index (χ3n) is 3.16. The van der Waals surface area contributed by atoms with E-state index < -0.39 is 0 Å². The van der Waals surface area contributed by atoms with E-state index in [4.69, 9.17) is 10.5 Å². The van der Waals surface area contributed by atoms with Gasteiger partial charge in [0.1, 0.15) is 0 Å². The van der Waals surface area contributed by atoms with Crippen molar-refractivity contribution < 1.29 is 4.74 Å². The molecule has 1 fully saturated rings. The van der Waals surface area contributed by atoms with Crippen LogP contribution in [0.1, 0.15) is 18.4 Å². The van der Waals surface area contributed by atoms with Crippen molar-refractivity contribution in [2.75, 3.05) is 13.2 Å². The molecule has 0 radical (unpaired) electrons. The Labute approximate surface area is 91.4 Å². The van der Waals surface area contributed by atoms with Crippen molar-refractivity contribution in [2.45, 2.75) is 25.4 Å². The minimum atomic E-state index is 0.325. The zero-order valence-corrected chi connectivity index (χ0v) is 9.06. The summed E-state index contributed by atoms with van der Waals surface area (Å²) in [6.07, 6.45) is 3.70. The molecule has 0 aliphatic carbocycles. The molecule has 1 aromatic carbocycles. The zero-order chi connectivity index (χ0) is 10.5. The van der Waals surface area contributed by atoms with Crippen LogP contribution < -0.4 is 5.73 Å². The third-order valence-corrected chi connectivity index (χ3v) is 3.16. The zero-order valence-electron chi connectivity index (χ0n) is 9.06. The first-order valence-corrected chi connectivity index (χ1v) is 5.75. The van der Waals surface area contributed by atoms with Gasteiger partial charge >= 0.3 is 0 Å². The molecule has 1 aromatic rings. The van der Waals surface area contributed by atoms with Gasteiger partial charge in [0.25, 0.3) is 0 Å². The minimum absolute atomic E-state index is 0.325. The highest BCUT2D eigenvalue weighted by molar-refractivity contribution is 5.15. The highest BCUT2D eigenvalue weighted by Crippen LogP contribution is 2.22. The van der Waals surface area contributed by atoms with Gasteiger partial charge in [-0.2, -0.15) is 0 Å². The maximum absolute atomic E-state index is 5.81. The second-order valence-electron chi connectivity index (χ2n) is 4.24. The molecule has 0 saturated carbocycles. The molecule has 1 heterocycles. The summed E-state index contributed by atoms with van der Waals surface area (Å²) in [7, 11) is 0. The number of hydrogen-bond acceptors (Lipinski definition) is 2. The molecule has 0 amide bonds. The number of rotatable bonds is 3. The molecule has 2 nitrogen and oxygen atoms in total. The Bertz CT molecular complexity index is 286. The van der Waals surface area contributed by atoms with Gasteiger partial charge in [0.05, 0.1) is 6.10 Å². The van der Waals surface area contributed by atoms with Crippen molar-refractivity contribution in [3.05, 3.63) is 35.9 Å². The highest BCUT2D eigenvalue weighted by atomic mass is 16.5. The lowest BCUT2D eigenvalue weighted by Gasteiger charge is -2.31. The van der Waals surface area contributed by atoms with Gasteiger partial charge in [0, 0.05) is 6.61 Å². The summed E-state index contributed by atoms with van der Waals surface area (Å²) in [5.74, 6) is 0.541. The smallest absolute Gasteiger partial charge is 0.0655 e. The SMILES string of the molecule is NCC1CCCOC1Cc1ccccc1. The first-order chi connectivity index (χ1) is 7.40. The molecule has 2 heteroatoms. The topological polar surface area (TPSA) is 35.2 Å². The molecule has 2 atom stereocenters. The van der Waals surface area contributed by atoms with Gasteiger partial charge in [-0.05, 0) is 37.3 Å². The fraction of sp³-hybridized carbons (Fsp3) is 0.538. The van der Waals surface area contributed by atoms with Crippen molar-refractivity contribution in [2.24, 2.45) is 11.7 Å². The van der Waals surface area contributed by atoms with Crippen LogP contribution in [0.4, 0.5) is 0 Å². The van der Waals surface area contributed by atoms with Crippen molar-refractivity contribution in [3.8, 4) is 0 Å². The quantitative estimate of drug-likeness (QED) is 0.819. The van der Waals surface area contributed by atoms with Crippen LogP contribution in [-0.4, -0.2) is 19.3 Å². The van der Waals surface area contributed by atoms with E-state index in [-0.39, 0.29) is 0 Å². The van der Waals surface area contributed by atoms with Crippen LogP contribution in [0.2, 0.25) is 0 Å². The standard InChI is InChI=1S/C13H19NO/c14-10-12-7-4-8-15-13(12)9-11-5-2-1-3-6-11/h1-3,5-6,12-13H,4,7-10,14H2. The number of nitrogens with two attached hydrogens (primary N) is 1. The summed E-state index contributed by atoms with van der Waals surface area (Å²) in [6, 6.07) is 10.5. The summed E-state index contributed by atoms with van der Waals surface area (Å²) < 4.78 is 5.81. The molecule has 2 unspecified atom stereocenters. The molecule has 2 rings (SSSR count). The van der Waals surface area contributed by atoms with Crippen LogP contribution in [-0.2, 0) is 11.2 Å². The van der Waals surface area contributed by atoms with E-state index in [2.05, 4.69) is 24.3 Å². The predicted octanol–water partition coefficient (Wildman–Crippen LogP) is 1.98. The molecule has 1 aliphatic rings. The number of benzene rings is 1. The van der Waals surface area contributed by atoms with E-state index in [0.717, 1.165) is 26.0 Å². The first kappa shape index (κ1) is 10.7. The summed E-state index contributed by atoms with van der Waals surface area (Å²) >= 11 is 0. The fourth-order valence-corrected chi connectivity index (χ4v) is 2.24. The van der Waals surface area contributed by atoms with Crippen LogP contribution in [0.25, 0.3) is 0 Å². The maximum Gasteiger partial charge on any atom is 0.0655 e. The molecular weight excluding hydrogens is 186 g/mol. The molecule has 1 aliphatic heterocycles. The Morgan fingerprint density at radius 1 is 1.27 bits per heavy atom. The van der Waals surface area contributed by atoms with Gasteiger partial charge in [-0.25, -0.2) is 0 Å². The molecule has 15 heavy (non-hydrogen) atoms. The minimum Gasteiger partial charge on any atom is -0.378 e.